The van der Waals surface area contributed by atoms with E-state index in [1.807, 2.05) is 18.5 Å². The lowest BCUT2D eigenvalue weighted by Gasteiger charge is -2.42. The average molecular weight is 415 g/mol. The van der Waals surface area contributed by atoms with Crippen molar-refractivity contribution >= 4 is 10.0 Å². The summed E-state index contributed by atoms with van der Waals surface area (Å²) in [6.45, 7) is 6.32. The van der Waals surface area contributed by atoms with Crippen LogP contribution in [0.25, 0.3) is 0 Å². The average Bonchev–Trinajstić information content (AvgIpc) is 3.20. The van der Waals surface area contributed by atoms with Gasteiger partial charge >= 0.3 is 0 Å². The Labute approximate surface area is 173 Å². The quantitative estimate of drug-likeness (QED) is 0.722. The first-order valence-electron chi connectivity index (χ1n) is 10.9. The van der Waals surface area contributed by atoms with Crippen molar-refractivity contribution in [1.82, 2.24) is 19.1 Å². The first-order chi connectivity index (χ1) is 13.9. The first-order valence-corrected chi connectivity index (χ1v) is 12.3. The molecule has 2 aromatic rings. The van der Waals surface area contributed by atoms with E-state index in [2.05, 4.69) is 28.6 Å². The highest BCUT2D eigenvalue weighted by atomic mass is 32.2. The second kappa shape index (κ2) is 6.91. The summed E-state index contributed by atoms with van der Waals surface area (Å²) in [6, 6.07) is 7.41. The van der Waals surface area contributed by atoms with E-state index in [1.165, 1.54) is 19.3 Å². The number of benzene rings is 1. The molecule has 3 aliphatic rings. The molecule has 6 nitrogen and oxygen atoms in total. The molecule has 0 amide bonds. The van der Waals surface area contributed by atoms with E-state index in [0.717, 1.165) is 36.7 Å². The van der Waals surface area contributed by atoms with Gasteiger partial charge in [0.15, 0.2) is 0 Å². The summed E-state index contributed by atoms with van der Waals surface area (Å²) in [5, 5.41) is 8.66. The minimum Gasteiger partial charge on any atom is -0.317 e. The summed E-state index contributed by atoms with van der Waals surface area (Å²) in [4.78, 5) is 0.400. The molecule has 2 heterocycles. The second-order valence-corrected chi connectivity index (χ2v) is 11.5. The predicted molar refractivity (Wildman–Crippen MR) is 111 cm³/mol. The van der Waals surface area contributed by atoms with E-state index in [0.29, 0.717) is 23.9 Å². The van der Waals surface area contributed by atoms with E-state index in [-0.39, 0.29) is 11.3 Å². The number of hydrogen-bond acceptors (Lipinski definition) is 4. The maximum absolute atomic E-state index is 13.4. The fourth-order valence-electron chi connectivity index (χ4n) is 5.03. The molecule has 1 aromatic heterocycles. The standard InChI is InChI=1S/C22H30N4O2S/c1-16(2)18-6-8-19(9-7-18)29(27,28)26-13-20(22(14-26)10-3-11-22)21-24-23-15-25(21)12-17-4-5-17/h6-9,15-17,20H,3-5,10-14H2,1-2H3. The van der Waals surface area contributed by atoms with Crippen LogP contribution in [-0.4, -0.2) is 40.6 Å². The van der Waals surface area contributed by atoms with E-state index < -0.39 is 10.0 Å². The third-order valence-corrected chi connectivity index (χ3v) is 9.09. The van der Waals surface area contributed by atoms with Crippen LogP contribution >= 0.6 is 0 Å². The Kier molecular flexibility index (Phi) is 4.59. The fourth-order valence-corrected chi connectivity index (χ4v) is 6.58. The molecule has 2 aliphatic carbocycles. The van der Waals surface area contributed by atoms with E-state index >= 15 is 0 Å². The van der Waals surface area contributed by atoms with Crippen LogP contribution in [0.1, 0.15) is 69.2 Å². The molecule has 0 bridgehead atoms. The molecular weight excluding hydrogens is 384 g/mol. The minimum atomic E-state index is -3.50. The Morgan fingerprint density at radius 1 is 1.17 bits per heavy atom. The maximum atomic E-state index is 13.4. The smallest absolute Gasteiger partial charge is 0.243 e. The summed E-state index contributed by atoms with van der Waals surface area (Å²) in [7, 11) is -3.50. The second-order valence-electron chi connectivity index (χ2n) is 9.57. The lowest BCUT2D eigenvalue weighted by Crippen LogP contribution is -2.38. The summed E-state index contributed by atoms with van der Waals surface area (Å²) >= 11 is 0. The van der Waals surface area contributed by atoms with Gasteiger partial charge in [-0.2, -0.15) is 4.31 Å². The molecule has 29 heavy (non-hydrogen) atoms. The maximum Gasteiger partial charge on any atom is 0.243 e. The highest BCUT2D eigenvalue weighted by Gasteiger charge is 2.55. The van der Waals surface area contributed by atoms with Gasteiger partial charge in [-0.1, -0.05) is 32.4 Å². The van der Waals surface area contributed by atoms with Crippen LogP contribution in [0, 0.1) is 11.3 Å². The molecule has 7 heteroatoms. The van der Waals surface area contributed by atoms with Crippen LogP contribution in [0.5, 0.6) is 0 Å². The molecule has 1 unspecified atom stereocenters. The van der Waals surface area contributed by atoms with Gasteiger partial charge in [-0.05, 0) is 60.6 Å². The lowest BCUT2D eigenvalue weighted by atomic mass is 9.62. The summed E-state index contributed by atoms with van der Waals surface area (Å²) in [6.07, 6.45) is 7.71. The summed E-state index contributed by atoms with van der Waals surface area (Å²) in [5.74, 6) is 2.26. The monoisotopic (exact) mass is 414 g/mol. The topological polar surface area (TPSA) is 68.1 Å². The van der Waals surface area contributed by atoms with Gasteiger partial charge in [0.1, 0.15) is 12.2 Å². The van der Waals surface area contributed by atoms with Crippen molar-refractivity contribution in [3.63, 3.8) is 0 Å². The number of hydrogen-bond donors (Lipinski definition) is 0. The lowest BCUT2D eigenvalue weighted by molar-refractivity contribution is 0.125. The molecule has 2 saturated carbocycles. The van der Waals surface area contributed by atoms with Crippen LogP contribution in [0.2, 0.25) is 0 Å². The molecule has 1 aliphatic heterocycles. The highest BCUT2D eigenvalue weighted by molar-refractivity contribution is 7.89. The first kappa shape index (κ1) is 19.2. The zero-order valence-corrected chi connectivity index (χ0v) is 18.1. The zero-order valence-electron chi connectivity index (χ0n) is 17.3. The van der Waals surface area contributed by atoms with Crippen molar-refractivity contribution in [2.45, 2.75) is 69.2 Å². The Morgan fingerprint density at radius 3 is 2.48 bits per heavy atom. The molecule has 0 radical (unpaired) electrons. The molecule has 0 N–H and O–H groups in total. The number of nitrogens with zero attached hydrogens (tertiary/aromatic N) is 4. The van der Waals surface area contributed by atoms with Crippen LogP contribution in [0.15, 0.2) is 35.5 Å². The fraction of sp³-hybridized carbons (Fsp3) is 0.636. The Balaban J connectivity index is 1.43. The van der Waals surface area contributed by atoms with Crippen molar-refractivity contribution < 1.29 is 8.42 Å². The molecule has 1 spiro atoms. The molecule has 1 atom stereocenters. The zero-order chi connectivity index (χ0) is 20.2. The van der Waals surface area contributed by atoms with Crippen molar-refractivity contribution in [3.05, 3.63) is 42.0 Å². The molecule has 1 aromatic carbocycles. The molecule has 3 fully saturated rings. The number of aromatic nitrogens is 3. The molecular formula is C22H30N4O2S. The van der Waals surface area contributed by atoms with Gasteiger partial charge in [0.05, 0.1) is 4.90 Å². The van der Waals surface area contributed by atoms with Crippen molar-refractivity contribution in [1.29, 1.82) is 0 Å². The Bertz CT molecular complexity index is 988. The van der Waals surface area contributed by atoms with Crippen molar-refractivity contribution in [3.8, 4) is 0 Å². The number of sulfonamides is 1. The molecule has 156 valence electrons. The van der Waals surface area contributed by atoms with Gasteiger partial charge in [0.2, 0.25) is 10.0 Å². The van der Waals surface area contributed by atoms with E-state index in [9.17, 15) is 8.42 Å². The predicted octanol–water partition coefficient (Wildman–Crippen LogP) is 3.77. The van der Waals surface area contributed by atoms with Gasteiger partial charge in [-0.25, -0.2) is 8.42 Å². The van der Waals surface area contributed by atoms with Gasteiger partial charge in [-0.15, -0.1) is 10.2 Å². The van der Waals surface area contributed by atoms with Crippen molar-refractivity contribution in [2.75, 3.05) is 13.1 Å². The highest BCUT2D eigenvalue weighted by Crippen LogP contribution is 2.56. The summed E-state index contributed by atoms with van der Waals surface area (Å²) < 4.78 is 30.7. The molecule has 5 rings (SSSR count). The van der Waals surface area contributed by atoms with Gasteiger partial charge in [0, 0.05) is 25.6 Å². The third kappa shape index (κ3) is 3.32. The number of rotatable bonds is 6. The summed E-state index contributed by atoms with van der Waals surface area (Å²) in [5.41, 5.74) is 1.19. The van der Waals surface area contributed by atoms with Crippen LogP contribution < -0.4 is 0 Å². The Morgan fingerprint density at radius 2 is 1.90 bits per heavy atom. The van der Waals surface area contributed by atoms with Gasteiger partial charge < -0.3 is 4.57 Å². The van der Waals surface area contributed by atoms with E-state index in [1.54, 1.807) is 16.4 Å². The minimum absolute atomic E-state index is 0.0271. The van der Waals surface area contributed by atoms with Crippen molar-refractivity contribution in [2.24, 2.45) is 11.3 Å². The SMILES string of the molecule is CC(C)c1ccc(S(=O)(=O)N2CC(c3nncn3CC3CC3)C3(CCC3)C2)cc1. The largest absolute Gasteiger partial charge is 0.317 e. The van der Waals surface area contributed by atoms with Gasteiger partial charge in [-0.3, -0.25) is 0 Å². The van der Waals surface area contributed by atoms with Crippen LogP contribution in [0.3, 0.4) is 0 Å². The van der Waals surface area contributed by atoms with E-state index in [4.69, 9.17) is 0 Å². The molecule has 1 saturated heterocycles. The van der Waals surface area contributed by atoms with Crippen LogP contribution in [0.4, 0.5) is 0 Å². The van der Waals surface area contributed by atoms with Gasteiger partial charge in [0.25, 0.3) is 0 Å². The van der Waals surface area contributed by atoms with Crippen LogP contribution in [-0.2, 0) is 16.6 Å². The third-order valence-electron chi connectivity index (χ3n) is 7.26. The Hall–Kier alpha value is -1.73. The normalized spacial score (nSPS) is 24.3.